The second-order valence-corrected chi connectivity index (χ2v) is 8.21. The molecule has 25 heavy (non-hydrogen) atoms. The molecule has 0 aromatic carbocycles. The maximum Gasteiger partial charge on any atom is 0.227 e. The summed E-state index contributed by atoms with van der Waals surface area (Å²) < 4.78 is 2.00. The van der Waals surface area contributed by atoms with Crippen molar-refractivity contribution in [1.29, 1.82) is 0 Å². The Hall–Kier alpha value is -1.73. The van der Waals surface area contributed by atoms with Crippen molar-refractivity contribution in [3.63, 3.8) is 0 Å². The zero-order valence-corrected chi connectivity index (χ0v) is 15.7. The lowest BCUT2D eigenvalue weighted by Gasteiger charge is -2.35. The second-order valence-electron chi connectivity index (χ2n) is 7.49. The van der Waals surface area contributed by atoms with Gasteiger partial charge in [0.15, 0.2) is 0 Å². The van der Waals surface area contributed by atoms with Gasteiger partial charge in [-0.05, 0) is 26.7 Å². The van der Waals surface area contributed by atoms with Crippen LogP contribution in [0, 0.1) is 5.92 Å². The maximum absolute atomic E-state index is 12.9. The molecule has 3 aliphatic rings. The van der Waals surface area contributed by atoms with Gasteiger partial charge in [-0.25, -0.2) is 4.98 Å². The minimum absolute atomic E-state index is 0.123. The Kier molecular flexibility index (Phi) is 4.60. The number of amides is 1. The number of hydrogen-bond acceptors (Lipinski definition) is 5. The van der Waals surface area contributed by atoms with Gasteiger partial charge in [0.1, 0.15) is 0 Å². The summed E-state index contributed by atoms with van der Waals surface area (Å²) in [5.41, 5.74) is 4.08. The van der Waals surface area contributed by atoms with E-state index in [1.807, 2.05) is 21.8 Å². The van der Waals surface area contributed by atoms with Crippen molar-refractivity contribution in [2.24, 2.45) is 5.92 Å². The number of nitrogens with zero attached hydrogens (tertiary/aromatic N) is 5. The van der Waals surface area contributed by atoms with Crippen molar-refractivity contribution in [2.75, 3.05) is 13.1 Å². The highest BCUT2D eigenvalue weighted by molar-refractivity contribution is 7.07. The Morgan fingerprint density at radius 3 is 2.88 bits per heavy atom. The van der Waals surface area contributed by atoms with Crippen LogP contribution in [-0.4, -0.2) is 49.6 Å². The first-order chi connectivity index (χ1) is 12.1. The molecule has 6 nitrogen and oxygen atoms in total. The molecular formula is C18H25N5OS. The monoisotopic (exact) mass is 359 g/mol. The predicted octanol–water partition coefficient (Wildman–Crippen LogP) is 2.54. The lowest BCUT2D eigenvalue weighted by molar-refractivity contribution is -0.140. The molecule has 2 bridgehead atoms. The molecule has 2 aromatic rings. The van der Waals surface area contributed by atoms with Crippen LogP contribution in [0.4, 0.5) is 0 Å². The molecule has 5 rings (SSSR count). The highest BCUT2D eigenvalue weighted by Gasteiger charge is 2.40. The first kappa shape index (κ1) is 16.7. The van der Waals surface area contributed by atoms with E-state index >= 15 is 0 Å². The van der Waals surface area contributed by atoms with Crippen LogP contribution in [0.3, 0.4) is 0 Å². The summed E-state index contributed by atoms with van der Waals surface area (Å²) in [5.74, 6) is 0.433. The van der Waals surface area contributed by atoms with Gasteiger partial charge in [-0.2, -0.15) is 5.10 Å². The number of carbonyl (C=O) groups is 1. The number of carbonyl (C=O) groups excluding carboxylic acids is 1. The van der Waals surface area contributed by atoms with E-state index in [4.69, 9.17) is 0 Å². The Morgan fingerprint density at radius 2 is 2.16 bits per heavy atom. The van der Waals surface area contributed by atoms with Gasteiger partial charge in [0.2, 0.25) is 5.91 Å². The summed E-state index contributed by atoms with van der Waals surface area (Å²) in [6.45, 7) is 7.60. The molecule has 2 aromatic heterocycles. The Bertz CT molecular complexity index is 726. The molecule has 1 amide bonds. The van der Waals surface area contributed by atoms with Gasteiger partial charge >= 0.3 is 0 Å². The quantitative estimate of drug-likeness (QED) is 0.823. The van der Waals surface area contributed by atoms with Gasteiger partial charge in [0.05, 0.1) is 29.9 Å². The van der Waals surface area contributed by atoms with Gasteiger partial charge in [0, 0.05) is 48.9 Å². The fraction of sp³-hybridized carbons (Fsp3) is 0.611. The second kappa shape index (κ2) is 6.88. The SMILES string of the molecule is CC(C)n1cc(CN2C[C@H]3CC[C@@H](C2)N(Cc2cscn2)C3=O)cn1. The third-order valence-corrected chi connectivity index (χ3v) is 5.91. The minimum atomic E-state index is 0.123. The van der Waals surface area contributed by atoms with E-state index < -0.39 is 0 Å². The summed E-state index contributed by atoms with van der Waals surface area (Å²) >= 11 is 1.59. The van der Waals surface area contributed by atoms with Crippen LogP contribution in [0.15, 0.2) is 23.3 Å². The highest BCUT2D eigenvalue weighted by Crippen LogP contribution is 2.31. The standard InChI is InChI=1S/C18H25N5OS/c1-13(2)23-7-14(5-20-23)6-21-8-15-3-4-17(10-21)22(18(15)24)9-16-11-25-12-19-16/h5,7,11-13,15,17H,3-4,6,8-10H2,1-2H3/t15-,17+/m1/s1. The zero-order valence-electron chi connectivity index (χ0n) is 14.8. The van der Waals surface area contributed by atoms with Crippen LogP contribution in [0.2, 0.25) is 0 Å². The van der Waals surface area contributed by atoms with Crippen LogP contribution < -0.4 is 0 Å². The molecule has 0 unspecified atom stereocenters. The van der Waals surface area contributed by atoms with E-state index in [0.717, 1.165) is 38.2 Å². The fourth-order valence-electron chi connectivity index (χ4n) is 3.96. The normalized spacial score (nSPS) is 24.3. The number of rotatable bonds is 5. The molecule has 7 heteroatoms. The molecule has 3 aliphatic heterocycles. The average molecular weight is 359 g/mol. The Morgan fingerprint density at radius 1 is 1.28 bits per heavy atom. The van der Waals surface area contributed by atoms with Crippen LogP contribution in [-0.2, 0) is 17.9 Å². The molecule has 134 valence electrons. The van der Waals surface area contributed by atoms with Gasteiger partial charge < -0.3 is 4.90 Å². The third-order valence-electron chi connectivity index (χ3n) is 5.28. The van der Waals surface area contributed by atoms with Crippen LogP contribution >= 0.6 is 11.3 Å². The lowest BCUT2D eigenvalue weighted by atomic mass is 9.94. The number of piperidine rings is 1. The number of hydrogen-bond donors (Lipinski definition) is 0. The van der Waals surface area contributed by atoms with Crippen LogP contribution in [0.25, 0.3) is 0 Å². The molecule has 3 saturated heterocycles. The molecule has 0 N–H and O–H groups in total. The van der Waals surface area contributed by atoms with Gasteiger partial charge in [0.25, 0.3) is 0 Å². The zero-order chi connectivity index (χ0) is 17.4. The molecule has 2 atom stereocenters. The van der Waals surface area contributed by atoms with E-state index in [2.05, 4.69) is 39.9 Å². The number of fused-ring (bicyclic) bond motifs is 4. The van der Waals surface area contributed by atoms with Crippen molar-refractivity contribution in [3.8, 4) is 0 Å². The molecule has 0 aliphatic carbocycles. The number of aromatic nitrogens is 3. The van der Waals surface area contributed by atoms with Crippen molar-refractivity contribution in [3.05, 3.63) is 34.5 Å². The van der Waals surface area contributed by atoms with Gasteiger partial charge in [-0.1, -0.05) is 0 Å². The summed E-state index contributed by atoms with van der Waals surface area (Å²) in [6, 6.07) is 0.678. The highest BCUT2D eigenvalue weighted by atomic mass is 32.1. The van der Waals surface area contributed by atoms with Gasteiger partial charge in [-0.15, -0.1) is 11.3 Å². The molecule has 0 radical (unpaired) electrons. The Labute approximate surface area is 152 Å². The fourth-order valence-corrected chi connectivity index (χ4v) is 4.51. The minimum Gasteiger partial charge on any atom is -0.332 e. The molecule has 3 fully saturated rings. The van der Waals surface area contributed by atoms with Gasteiger partial charge in [-0.3, -0.25) is 14.4 Å². The van der Waals surface area contributed by atoms with E-state index in [1.165, 1.54) is 5.56 Å². The van der Waals surface area contributed by atoms with Crippen molar-refractivity contribution in [2.45, 2.75) is 51.9 Å². The summed E-state index contributed by atoms with van der Waals surface area (Å²) in [6.07, 6.45) is 6.20. The first-order valence-corrected chi connectivity index (χ1v) is 9.97. The molecule has 5 heterocycles. The topological polar surface area (TPSA) is 54.3 Å². The van der Waals surface area contributed by atoms with Crippen molar-refractivity contribution >= 4 is 17.2 Å². The van der Waals surface area contributed by atoms with E-state index in [-0.39, 0.29) is 5.92 Å². The number of thiazole rings is 1. The average Bonchev–Trinajstić information content (AvgIpc) is 3.19. The lowest BCUT2D eigenvalue weighted by Crippen LogP contribution is -2.47. The Balaban J connectivity index is 1.47. The third kappa shape index (κ3) is 3.48. The van der Waals surface area contributed by atoms with E-state index in [0.29, 0.717) is 24.5 Å². The molecular weight excluding hydrogens is 334 g/mol. The maximum atomic E-state index is 12.9. The molecule has 0 spiro atoms. The predicted molar refractivity (Wildman–Crippen MR) is 97.1 cm³/mol. The first-order valence-electron chi connectivity index (χ1n) is 9.03. The van der Waals surface area contributed by atoms with Crippen molar-refractivity contribution in [1.82, 2.24) is 24.6 Å². The largest absolute Gasteiger partial charge is 0.332 e. The van der Waals surface area contributed by atoms with Crippen LogP contribution in [0.1, 0.15) is 44.0 Å². The van der Waals surface area contributed by atoms with Crippen molar-refractivity contribution < 1.29 is 4.79 Å². The summed E-state index contributed by atoms with van der Waals surface area (Å²) in [7, 11) is 0. The summed E-state index contributed by atoms with van der Waals surface area (Å²) in [5, 5.41) is 6.49. The van der Waals surface area contributed by atoms with Crippen LogP contribution in [0.5, 0.6) is 0 Å². The summed E-state index contributed by atoms with van der Waals surface area (Å²) in [4.78, 5) is 21.8. The smallest absolute Gasteiger partial charge is 0.227 e. The van der Waals surface area contributed by atoms with E-state index in [1.54, 1.807) is 11.3 Å². The van der Waals surface area contributed by atoms with E-state index in [9.17, 15) is 4.79 Å². The molecule has 0 saturated carbocycles.